The number of rotatable bonds is 4. The fourth-order valence-corrected chi connectivity index (χ4v) is 3.74. The van der Waals surface area contributed by atoms with Gasteiger partial charge in [0, 0.05) is 12.0 Å². The van der Waals surface area contributed by atoms with E-state index < -0.39 is 0 Å². The molecular weight excluding hydrogens is 274 g/mol. The van der Waals surface area contributed by atoms with Gasteiger partial charge in [0.1, 0.15) is 0 Å². The lowest BCUT2D eigenvalue weighted by atomic mass is 9.68. The third kappa shape index (κ3) is 2.38. The van der Waals surface area contributed by atoms with Crippen molar-refractivity contribution in [1.82, 2.24) is 4.90 Å². The van der Waals surface area contributed by atoms with Crippen molar-refractivity contribution in [3.8, 4) is 0 Å². The average Bonchev–Trinajstić information content (AvgIpc) is 2.55. The number of thiocarbonyl (C=S) groups is 1. The summed E-state index contributed by atoms with van der Waals surface area (Å²) in [6.45, 7) is 5.44. The minimum absolute atomic E-state index is 0.103. The Hall–Kier alpha value is -1.67. The van der Waals surface area contributed by atoms with Crippen molar-refractivity contribution < 1.29 is 0 Å². The molecule has 0 radical (unpaired) electrons. The van der Waals surface area contributed by atoms with E-state index in [0.29, 0.717) is 6.04 Å². The zero-order valence-corrected chi connectivity index (χ0v) is 13.4. The van der Waals surface area contributed by atoms with Crippen molar-refractivity contribution in [1.29, 1.82) is 0 Å². The zero-order valence-electron chi connectivity index (χ0n) is 12.6. The van der Waals surface area contributed by atoms with Gasteiger partial charge in [-0.25, -0.2) is 0 Å². The van der Waals surface area contributed by atoms with Crippen LogP contribution in [-0.2, 0) is 6.54 Å². The maximum absolute atomic E-state index is 5.74. The number of likely N-dealkylation sites (tertiary alicyclic amines) is 1. The monoisotopic (exact) mass is 295 g/mol. The molecule has 0 unspecified atom stereocenters. The Morgan fingerprint density at radius 2 is 1.57 bits per heavy atom. The number of benzene rings is 2. The van der Waals surface area contributed by atoms with Gasteiger partial charge in [-0.15, -0.1) is 0 Å². The van der Waals surface area contributed by atoms with Crippen molar-refractivity contribution in [3.63, 3.8) is 0 Å². The van der Waals surface area contributed by atoms with E-state index in [2.05, 4.69) is 79.4 Å². The van der Waals surface area contributed by atoms with Crippen molar-refractivity contribution >= 4 is 17.2 Å². The predicted octanol–water partition coefficient (Wildman–Crippen LogP) is 4.99. The number of hydrogen-bond donors (Lipinski definition) is 0. The maximum atomic E-state index is 5.74. The van der Waals surface area contributed by atoms with Gasteiger partial charge < -0.3 is 4.90 Å². The Morgan fingerprint density at radius 1 is 1.00 bits per heavy atom. The highest BCUT2D eigenvalue weighted by atomic mass is 32.1. The number of nitrogens with zero attached hydrogens (tertiary/aromatic N) is 1. The Morgan fingerprint density at radius 3 is 2.14 bits per heavy atom. The highest BCUT2D eigenvalue weighted by Crippen LogP contribution is 2.53. The highest BCUT2D eigenvalue weighted by molar-refractivity contribution is 7.80. The molecule has 2 atom stereocenters. The summed E-state index contributed by atoms with van der Waals surface area (Å²) < 4.78 is 0. The summed E-state index contributed by atoms with van der Waals surface area (Å²) in [6, 6.07) is 21.7. The molecule has 1 aliphatic heterocycles. The fraction of sp³-hybridized carbons (Fsp3) is 0.316. The molecule has 0 amide bonds. The first kappa shape index (κ1) is 14.3. The van der Waals surface area contributed by atoms with Gasteiger partial charge in [0.2, 0.25) is 0 Å². The highest BCUT2D eigenvalue weighted by Gasteiger charge is 2.52. The summed E-state index contributed by atoms with van der Waals surface area (Å²) in [6.07, 6.45) is 1.08. The van der Waals surface area contributed by atoms with Crippen LogP contribution >= 0.6 is 12.2 Å². The molecular formula is C19H21NS. The Bertz CT molecular complexity index is 623. The van der Waals surface area contributed by atoms with Crippen molar-refractivity contribution in [2.24, 2.45) is 5.41 Å². The van der Waals surface area contributed by atoms with Crippen LogP contribution in [0.1, 0.15) is 37.4 Å². The summed E-state index contributed by atoms with van der Waals surface area (Å²) in [5.74, 6) is 0. The summed E-state index contributed by atoms with van der Waals surface area (Å²) in [5, 5.41) is 0. The molecule has 0 aliphatic carbocycles. The van der Waals surface area contributed by atoms with E-state index in [1.165, 1.54) is 11.1 Å². The number of hydrogen-bond acceptors (Lipinski definition) is 1. The SMILES string of the molecule is CC[C@]1(C)C(=S)N(Cc2ccccc2)[C@@H]1c1ccccc1. The molecule has 1 nitrogen and oxygen atoms in total. The van der Waals surface area contributed by atoms with E-state index in [1.54, 1.807) is 0 Å². The second kappa shape index (κ2) is 5.61. The summed E-state index contributed by atoms with van der Waals surface area (Å²) in [4.78, 5) is 3.48. The largest absolute Gasteiger partial charge is 0.353 e. The van der Waals surface area contributed by atoms with E-state index in [-0.39, 0.29) is 5.41 Å². The van der Waals surface area contributed by atoms with Crippen LogP contribution in [0.25, 0.3) is 0 Å². The predicted molar refractivity (Wildman–Crippen MR) is 92.2 cm³/mol. The minimum atomic E-state index is 0.103. The van der Waals surface area contributed by atoms with Gasteiger partial charge in [0.15, 0.2) is 0 Å². The van der Waals surface area contributed by atoms with Gasteiger partial charge in [0.25, 0.3) is 0 Å². The van der Waals surface area contributed by atoms with Crippen LogP contribution in [0.4, 0.5) is 0 Å². The molecule has 1 heterocycles. The molecule has 1 saturated heterocycles. The quantitative estimate of drug-likeness (QED) is 0.731. The minimum Gasteiger partial charge on any atom is -0.353 e. The molecule has 2 heteroatoms. The fourth-order valence-electron chi connectivity index (χ4n) is 3.31. The van der Waals surface area contributed by atoms with E-state index in [9.17, 15) is 0 Å². The Balaban J connectivity index is 1.91. The molecule has 3 rings (SSSR count). The van der Waals surface area contributed by atoms with Crippen LogP contribution < -0.4 is 0 Å². The Kier molecular flexibility index (Phi) is 3.81. The molecule has 0 aromatic heterocycles. The molecule has 108 valence electrons. The molecule has 0 spiro atoms. The first-order valence-electron chi connectivity index (χ1n) is 7.57. The van der Waals surface area contributed by atoms with Crippen LogP contribution in [0.5, 0.6) is 0 Å². The summed E-state index contributed by atoms with van der Waals surface area (Å²) in [5.41, 5.74) is 2.79. The van der Waals surface area contributed by atoms with Crippen LogP contribution in [0.15, 0.2) is 60.7 Å². The molecule has 1 fully saturated rings. The second-order valence-corrected chi connectivity index (χ2v) is 6.39. The lowest BCUT2D eigenvalue weighted by molar-refractivity contribution is 0.0920. The molecule has 0 bridgehead atoms. The molecule has 0 saturated carbocycles. The van der Waals surface area contributed by atoms with Crippen LogP contribution in [0.3, 0.4) is 0 Å². The van der Waals surface area contributed by atoms with E-state index >= 15 is 0 Å². The third-order valence-corrected chi connectivity index (χ3v) is 5.41. The topological polar surface area (TPSA) is 3.24 Å². The second-order valence-electron chi connectivity index (χ2n) is 6.00. The Labute approximate surface area is 132 Å². The summed E-state index contributed by atoms with van der Waals surface area (Å²) >= 11 is 5.74. The molecule has 2 aromatic rings. The van der Waals surface area contributed by atoms with Gasteiger partial charge in [0.05, 0.1) is 11.0 Å². The summed E-state index contributed by atoms with van der Waals surface area (Å²) in [7, 11) is 0. The van der Waals surface area contributed by atoms with Crippen LogP contribution in [0, 0.1) is 5.41 Å². The van der Waals surface area contributed by atoms with Crippen LogP contribution in [0.2, 0.25) is 0 Å². The first-order chi connectivity index (χ1) is 10.2. The van der Waals surface area contributed by atoms with Gasteiger partial charge in [-0.2, -0.15) is 0 Å². The van der Waals surface area contributed by atoms with E-state index in [0.717, 1.165) is 18.0 Å². The van der Waals surface area contributed by atoms with E-state index in [1.807, 2.05) is 0 Å². The maximum Gasteiger partial charge on any atom is 0.0871 e. The van der Waals surface area contributed by atoms with Gasteiger partial charge in [-0.3, -0.25) is 0 Å². The standard InChI is InChI=1S/C19H21NS/c1-3-19(2)17(16-12-8-5-9-13-16)20(18(19)21)14-15-10-6-4-7-11-15/h4-13,17H,3,14H2,1-2H3/t17-,19+/m1/s1. The molecule has 0 N–H and O–H groups in total. The molecule has 1 aliphatic rings. The van der Waals surface area contributed by atoms with Crippen molar-refractivity contribution in [2.45, 2.75) is 32.9 Å². The van der Waals surface area contributed by atoms with Crippen LogP contribution in [-0.4, -0.2) is 9.89 Å². The molecule has 21 heavy (non-hydrogen) atoms. The molecule has 2 aromatic carbocycles. The third-order valence-electron chi connectivity index (χ3n) is 4.71. The van der Waals surface area contributed by atoms with Crippen molar-refractivity contribution in [3.05, 3.63) is 71.8 Å². The average molecular weight is 295 g/mol. The van der Waals surface area contributed by atoms with Gasteiger partial charge >= 0.3 is 0 Å². The van der Waals surface area contributed by atoms with E-state index in [4.69, 9.17) is 12.2 Å². The first-order valence-corrected chi connectivity index (χ1v) is 7.97. The lowest BCUT2D eigenvalue weighted by Gasteiger charge is -2.57. The lowest BCUT2D eigenvalue weighted by Crippen LogP contribution is -2.60. The van der Waals surface area contributed by atoms with Gasteiger partial charge in [-0.1, -0.05) is 86.7 Å². The zero-order chi connectivity index (χ0) is 14.9. The smallest absolute Gasteiger partial charge is 0.0871 e. The normalized spacial score (nSPS) is 24.8. The van der Waals surface area contributed by atoms with Gasteiger partial charge in [-0.05, 0) is 17.5 Å². The van der Waals surface area contributed by atoms with Crippen molar-refractivity contribution in [2.75, 3.05) is 0 Å².